The second kappa shape index (κ2) is 6.34. The Morgan fingerprint density at radius 2 is 2.12 bits per heavy atom. The Morgan fingerprint density at radius 1 is 1.35 bits per heavy atom. The van der Waals surface area contributed by atoms with Gasteiger partial charge >= 0.3 is 0 Å². The van der Waals surface area contributed by atoms with Crippen molar-refractivity contribution in [3.8, 4) is 0 Å². The van der Waals surface area contributed by atoms with Crippen LogP contribution >= 0.6 is 11.6 Å². The fourth-order valence-corrected chi connectivity index (χ4v) is 2.14. The van der Waals surface area contributed by atoms with Gasteiger partial charge in [-0.3, -0.25) is 0 Å². The summed E-state index contributed by atoms with van der Waals surface area (Å²) in [5, 5.41) is 3.53. The fraction of sp³-hybridized carbons (Fsp3) is 0.538. The van der Waals surface area contributed by atoms with Gasteiger partial charge in [0.1, 0.15) is 5.82 Å². The molecule has 2 nitrogen and oxygen atoms in total. The molecule has 0 aliphatic carbocycles. The van der Waals surface area contributed by atoms with Crippen LogP contribution in [0.1, 0.15) is 18.4 Å². The topological polar surface area (TPSA) is 21.3 Å². The zero-order valence-electron chi connectivity index (χ0n) is 9.72. The standard InChI is InChI=1S/C13H17ClFNO/c14-12-2-1-11(7-13(12)15)9-16-8-10-3-5-17-6-4-10/h1-2,7,10,16H,3-6,8-9H2. The fourth-order valence-electron chi connectivity index (χ4n) is 2.02. The van der Waals surface area contributed by atoms with E-state index in [9.17, 15) is 4.39 Å². The van der Waals surface area contributed by atoms with Crippen molar-refractivity contribution in [2.75, 3.05) is 19.8 Å². The number of hydrogen-bond acceptors (Lipinski definition) is 2. The molecular formula is C13H17ClFNO. The van der Waals surface area contributed by atoms with Crippen molar-refractivity contribution in [3.05, 3.63) is 34.6 Å². The lowest BCUT2D eigenvalue weighted by molar-refractivity contribution is 0.0662. The van der Waals surface area contributed by atoms with Gasteiger partial charge in [0.05, 0.1) is 5.02 Å². The van der Waals surface area contributed by atoms with E-state index in [1.165, 1.54) is 6.07 Å². The minimum atomic E-state index is -0.350. The molecule has 94 valence electrons. The van der Waals surface area contributed by atoms with E-state index in [-0.39, 0.29) is 10.8 Å². The molecule has 1 aromatic rings. The molecular weight excluding hydrogens is 241 g/mol. The molecule has 1 fully saturated rings. The third-order valence-corrected chi connectivity index (χ3v) is 3.39. The van der Waals surface area contributed by atoms with Crippen LogP contribution in [-0.4, -0.2) is 19.8 Å². The number of ether oxygens (including phenoxy) is 1. The van der Waals surface area contributed by atoms with Gasteiger partial charge in [0.15, 0.2) is 0 Å². The number of rotatable bonds is 4. The van der Waals surface area contributed by atoms with E-state index in [2.05, 4.69) is 5.32 Å². The molecule has 0 spiro atoms. The molecule has 4 heteroatoms. The van der Waals surface area contributed by atoms with Crippen LogP contribution in [0.5, 0.6) is 0 Å². The van der Waals surface area contributed by atoms with Crippen LogP contribution in [-0.2, 0) is 11.3 Å². The highest BCUT2D eigenvalue weighted by atomic mass is 35.5. The molecule has 0 atom stereocenters. The van der Waals surface area contributed by atoms with Gasteiger partial charge in [-0.05, 0) is 43.0 Å². The molecule has 0 unspecified atom stereocenters. The molecule has 17 heavy (non-hydrogen) atoms. The Balaban J connectivity index is 1.75. The highest BCUT2D eigenvalue weighted by molar-refractivity contribution is 6.30. The Kier molecular flexibility index (Phi) is 4.77. The van der Waals surface area contributed by atoms with Crippen molar-refractivity contribution in [1.29, 1.82) is 0 Å². The first-order valence-corrected chi connectivity index (χ1v) is 6.36. The first-order valence-electron chi connectivity index (χ1n) is 5.98. The average Bonchev–Trinajstić information content (AvgIpc) is 2.35. The van der Waals surface area contributed by atoms with E-state index in [4.69, 9.17) is 16.3 Å². The third-order valence-electron chi connectivity index (χ3n) is 3.09. The Hall–Kier alpha value is -0.640. The van der Waals surface area contributed by atoms with Crippen LogP contribution in [0.25, 0.3) is 0 Å². The van der Waals surface area contributed by atoms with Gasteiger partial charge in [0.2, 0.25) is 0 Å². The van der Waals surface area contributed by atoms with Crippen molar-refractivity contribution in [2.45, 2.75) is 19.4 Å². The highest BCUT2D eigenvalue weighted by Gasteiger charge is 2.12. The van der Waals surface area contributed by atoms with E-state index in [0.717, 1.165) is 38.2 Å². The lowest BCUT2D eigenvalue weighted by Gasteiger charge is -2.22. The quantitative estimate of drug-likeness (QED) is 0.895. The average molecular weight is 258 g/mol. The van der Waals surface area contributed by atoms with Crippen molar-refractivity contribution in [1.82, 2.24) is 5.32 Å². The molecule has 0 radical (unpaired) electrons. The lowest BCUT2D eigenvalue weighted by atomic mass is 10.0. The minimum absolute atomic E-state index is 0.179. The summed E-state index contributed by atoms with van der Waals surface area (Å²) in [6.45, 7) is 3.38. The summed E-state index contributed by atoms with van der Waals surface area (Å²) in [5.74, 6) is 0.331. The molecule has 0 amide bonds. The van der Waals surface area contributed by atoms with E-state index in [0.29, 0.717) is 12.5 Å². The van der Waals surface area contributed by atoms with Gasteiger partial charge in [-0.15, -0.1) is 0 Å². The number of benzene rings is 1. The monoisotopic (exact) mass is 257 g/mol. The highest BCUT2D eigenvalue weighted by Crippen LogP contribution is 2.16. The summed E-state index contributed by atoms with van der Waals surface area (Å²) in [6, 6.07) is 4.93. The summed E-state index contributed by atoms with van der Waals surface area (Å²) in [4.78, 5) is 0. The second-order valence-corrected chi connectivity index (χ2v) is 4.84. The van der Waals surface area contributed by atoms with Gasteiger partial charge in [-0.25, -0.2) is 4.39 Å². The third kappa shape index (κ3) is 3.95. The Morgan fingerprint density at radius 3 is 2.82 bits per heavy atom. The van der Waals surface area contributed by atoms with Gasteiger partial charge in [-0.1, -0.05) is 17.7 Å². The maximum atomic E-state index is 13.2. The summed E-state index contributed by atoms with van der Waals surface area (Å²) < 4.78 is 18.5. The van der Waals surface area contributed by atoms with E-state index < -0.39 is 0 Å². The molecule has 1 aromatic carbocycles. The zero-order valence-corrected chi connectivity index (χ0v) is 10.5. The molecule has 1 saturated heterocycles. The van der Waals surface area contributed by atoms with Crippen LogP contribution in [0.4, 0.5) is 4.39 Å². The number of halogens is 2. The molecule has 1 N–H and O–H groups in total. The number of hydrogen-bond donors (Lipinski definition) is 1. The lowest BCUT2D eigenvalue weighted by Crippen LogP contribution is -2.27. The first-order chi connectivity index (χ1) is 8.25. The summed E-state index contributed by atoms with van der Waals surface area (Å²) >= 11 is 5.63. The van der Waals surface area contributed by atoms with E-state index >= 15 is 0 Å². The molecule has 0 aromatic heterocycles. The minimum Gasteiger partial charge on any atom is -0.381 e. The van der Waals surface area contributed by atoms with Gasteiger partial charge < -0.3 is 10.1 Å². The van der Waals surface area contributed by atoms with Gasteiger partial charge in [0.25, 0.3) is 0 Å². The second-order valence-electron chi connectivity index (χ2n) is 4.44. The maximum absolute atomic E-state index is 13.2. The Labute approximate surface area is 106 Å². The zero-order chi connectivity index (χ0) is 12.1. The van der Waals surface area contributed by atoms with Crippen LogP contribution in [0, 0.1) is 11.7 Å². The predicted octanol–water partition coefficient (Wildman–Crippen LogP) is 3.00. The van der Waals surface area contributed by atoms with Gasteiger partial charge in [0, 0.05) is 19.8 Å². The normalized spacial score (nSPS) is 17.3. The molecule has 2 rings (SSSR count). The molecule has 1 heterocycles. The van der Waals surface area contributed by atoms with E-state index in [1.54, 1.807) is 6.07 Å². The smallest absolute Gasteiger partial charge is 0.142 e. The maximum Gasteiger partial charge on any atom is 0.142 e. The largest absolute Gasteiger partial charge is 0.381 e. The summed E-state index contributed by atoms with van der Waals surface area (Å²) in [5.41, 5.74) is 0.930. The SMILES string of the molecule is Fc1cc(CNCC2CCOCC2)ccc1Cl. The first kappa shape index (κ1) is 12.8. The van der Waals surface area contributed by atoms with Crippen LogP contribution in [0.3, 0.4) is 0 Å². The van der Waals surface area contributed by atoms with E-state index in [1.807, 2.05) is 6.07 Å². The predicted molar refractivity (Wildman–Crippen MR) is 66.7 cm³/mol. The Bertz CT molecular complexity index is 366. The summed E-state index contributed by atoms with van der Waals surface area (Å²) in [7, 11) is 0. The van der Waals surface area contributed by atoms with Crippen molar-refractivity contribution in [3.63, 3.8) is 0 Å². The molecule has 1 aliphatic rings. The van der Waals surface area contributed by atoms with Crippen molar-refractivity contribution in [2.24, 2.45) is 5.92 Å². The number of nitrogens with one attached hydrogen (secondary N) is 1. The molecule has 0 bridgehead atoms. The van der Waals surface area contributed by atoms with Crippen LogP contribution in [0.2, 0.25) is 5.02 Å². The van der Waals surface area contributed by atoms with Crippen LogP contribution < -0.4 is 5.32 Å². The molecule has 0 saturated carbocycles. The summed E-state index contributed by atoms with van der Waals surface area (Å²) in [6.07, 6.45) is 2.23. The van der Waals surface area contributed by atoms with Gasteiger partial charge in [-0.2, -0.15) is 0 Å². The molecule has 1 aliphatic heterocycles. The van der Waals surface area contributed by atoms with Crippen LogP contribution in [0.15, 0.2) is 18.2 Å². The van der Waals surface area contributed by atoms with Crippen molar-refractivity contribution >= 4 is 11.6 Å². The van der Waals surface area contributed by atoms with Crippen molar-refractivity contribution < 1.29 is 9.13 Å².